The molecule has 3 aromatic rings. The first-order valence-electron chi connectivity index (χ1n) is 8.65. The molecular weight excluding hydrogens is 379 g/mol. The van der Waals surface area contributed by atoms with Crippen LogP contribution in [0.4, 0.5) is 13.2 Å². The topological polar surface area (TPSA) is 46.8 Å². The van der Waals surface area contributed by atoms with Crippen LogP contribution in [0.2, 0.25) is 5.02 Å². The molecule has 0 atom stereocenters. The number of alkyl halides is 2. The number of hydrogen-bond donors (Lipinski definition) is 0. The lowest BCUT2D eigenvalue weighted by Crippen LogP contribution is -2.40. The fourth-order valence-electron chi connectivity index (χ4n) is 3.29. The van der Waals surface area contributed by atoms with Crippen molar-refractivity contribution < 1.29 is 13.2 Å². The zero-order valence-electron chi connectivity index (χ0n) is 14.4. The number of hydrogen-bond acceptors (Lipinski definition) is 4. The van der Waals surface area contributed by atoms with E-state index >= 15 is 0 Å². The lowest BCUT2D eigenvalue weighted by Gasteiger charge is -2.31. The van der Waals surface area contributed by atoms with Gasteiger partial charge in [-0.1, -0.05) is 11.6 Å². The van der Waals surface area contributed by atoms with E-state index in [4.69, 9.17) is 11.6 Å². The summed E-state index contributed by atoms with van der Waals surface area (Å²) in [7, 11) is 0. The van der Waals surface area contributed by atoms with Crippen molar-refractivity contribution in [1.82, 2.24) is 24.6 Å². The standard InChI is InChI=1S/C18H17ClF3N5/c19-15-9-12(20)1-2-13(15)16-14-10-25-27(17(14)24-11-23-16)8-7-26-5-3-18(21,22)4-6-26/h1-2,9-11H,3-8H2. The van der Waals surface area contributed by atoms with Crippen LogP contribution in [-0.2, 0) is 6.54 Å². The monoisotopic (exact) mass is 395 g/mol. The first-order valence-corrected chi connectivity index (χ1v) is 9.03. The van der Waals surface area contributed by atoms with Crippen LogP contribution in [-0.4, -0.2) is 50.2 Å². The zero-order valence-corrected chi connectivity index (χ0v) is 15.1. The number of likely N-dealkylation sites (tertiary alicyclic amines) is 1. The molecule has 1 aromatic carbocycles. The Morgan fingerprint density at radius 2 is 1.89 bits per heavy atom. The van der Waals surface area contributed by atoms with Gasteiger partial charge < -0.3 is 4.90 Å². The van der Waals surface area contributed by atoms with E-state index in [1.807, 2.05) is 4.90 Å². The smallest absolute Gasteiger partial charge is 0.250 e. The molecule has 0 bridgehead atoms. The summed E-state index contributed by atoms with van der Waals surface area (Å²) in [6.45, 7) is 1.89. The fourth-order valence-corrected chi connectivity index (χ4v) is 3.55. The Bertz CT molecular complexity index is 965. The molecule has 0 unspecified atom stereocenters. The molecule has 5 nitrogen and oxygen atoms in total. The quantitative estimate of drug-likeness (QED) is 0.669. The highest BCUT2D eigenvalue weighted by atomic mass is 35.5. The number of fused-ring (bicyclic) bond motifs is 1. The van der Waals surface area contributed by atoms with Gasteiger partial charge in [0.2, 0.25) is 0 Å². The highest BCUT2D eigenvalue weighted by Gasteiger charge is 2.33. The van der Waals surface area contributed by atoms with Crippen LogP contribution < -0.4 is 0 Å². The molecule has 0 radical (unpaired) electrons. The van der Waals surface area contributed by atoms with Gasteiger partial charge in [0, 0.05) is 38.0 Å². The molecule has 27 heavy (non-hydrogen) atoms. The molecule has 0 spiro atoms. The minimum atomic E-state index is -2.55. The average molecular weight is 396 g/mol. The fraction of sp³-hybridized carbons (Fsp3) is 0.389. The second kappa shape index (κ2) is 7.09. The van der Waals surface area contributed by atoms with Crippen LogP contribution in [0.25, 0.3) is 22.3 Å². The van der Waals surface area contributed by atoms with E-state index < -0.39 is 11.7 Å². The number of aromatic nitrogens is 4. The van der Waals surface area contributed by atoms with Crippen molar-refractivity contribution in [3.63, 3.8) is 0 Å². The van der Waals surface area contributed by atoms with Crippen LogP contribution in [0.1, 0.15) is 12.8 Å². The van der Waals surface area contributed by atoms with Crippen molar-refractivity contribution in [1.29, 1.82) is 0 Å². The predicted molar refractivity (Wildman–Crippen MR) is 96.3 cm³/mol. The Balaban J connectivity index is 1.56. The lowest BCUT2D eigenvalue weighted by atomic mass is 10.1. The van der Waals surface area contributed by atoms with Gasteiger partial charge >= 0.3 is 0 Å². The maximum Gasteiger partial charge on any atom is 0.250 e. The van der Waals surface area contributed by atoms with Crippen molar-refractivity contribution in [3.8, 4) is 11.3 Å². The summed E-state index contributed by atoms with van der Waals surface area (Å²) in [6, 6.07) is 4.14. The molecular formula is C18H17ClF3N5. The Hall–Kier alpha value is -2.19. The molecule has 3 heterocycles. The van der Waals surface area contributed by atoms with Crippen LogP contribution in [0.5, 0.6) is 0 Å². The maximum atomic E-state index is 13.3. The van der Waals surface area contributed by atoms with Crippen LogP contribution in [0.15, 0.2) is 30.7 Å². The number of halogens is 4. The van der Waals surface area contributed by atoms with Crippen molar-refractivity contribution in [2.75, 3.05) is 19.6 Å². The van der Waals surface area contributed by atoms with Crippen molar-refractivity contribution >= 4 is 22.6 Å². The van der Waals surface area contributed by atoms with E-state index in [-0.39, 0.29) is 17.9 Å². The van der Waals surface area contributed by atoms with E-state index in [9.17, 15) is 13.2 Å². The summed E-state index contributed by atoms with van der Waals surface area (Å²) in [5, 5.41) is 5.33. The molecule has 9 heteroatoms. The van der Waals surface area contributed by atoms with Gasteiger partial charge in [0.25, 0.3) is 5.92 Å². The highest BCUT2D eigenvalue weighted by Crippen LogP contribution is 2.31. The molecule has 2 aromatic heterocycles. The Morgan fingerprint density at radius 1 is 1.11 bits per heavy atom. The molecule has 142 valence electrons. The summed E-state index contributed by atoms with van der Waals surface area (Å²) in [5.74, 6) is -2.97. The molecule has 1 saturated heterocycles. The summed E-state index contributed by atoms with van der Waals surface area (Å²) in [4.78, 5) is 10.6. The van der Waals surface area contributed by atoms with Gasteiger partial charge in [-0.25, -0.2) is 27.8 Å². The number of piperidine rings is 1. The first kappa shape index (κ1) is 18.2. The van der Waals surface area contributed by atoms with Crippen LogP contribution in [0.3, 0.4) is 0 Å². The third kappa shape index (κ3) is 3.77. The lowest BCUT2D eigenvalue weighted by molar-refractivity contribution is -0.0555. The zero-order chi connectivity index (χ0) is 19.0. The first-order chi connectivity index (χ1) is 12.9. The highest BCUT2D eigenvalue weighted by molar-refractivity contribution is 6.33. The van der Waals surface area contributed by atoms with E-state index in [1.54, 1.807) is 16.9 Å². The van der Waals surface area contributed by atoms with Gasteiger partial charge in [-0.2, -0.15) is 5.10 Å². The largest absolute Gasteiger partial charge is 0.301 e. The van der Waals surface area contributed by atoms with Gasteiger partial charge in [-0.05, 0) is 18.2 Å². The third-order valence-corrected chi connectivity index (χ3v) is 5.15. The van der Waals surface area contributed by atoms with E-state index in [0.717, 1.165) is 0 Å². The summed E-state index contributed by atoms with van der Waals surface area (Å²) in [6.07, 6.45) is 2.84. The minimum Gasteiger partial charge on any atom is -0.301 e. The van der Waals surface area contributed by atoms with Gasteiger partial charge in [-0.3, -0.25) is 0 Å². The molecule has 4 rings (SSSR count). The molecule has 1 fully saturated rings. The summed E-state index contributed by atoms with van der Waals surface area (Å²) >= 11 is 6.16. The van der Waals surface area contributed by atoms with E-state index in [2.05, 4.69) is 15.1 Å². The second-order valence-electron chi connectivity index (χ2n) is 6.65. The van der Waals surface area contributed by atoms with E-state index in [1.165, 1.54) is 18.5 Å². The summed E-state index contributed by atoms with van der Waals surface area (Å²) < 4.78 is 41.6. The average Bonchev–Trinajstić information content (AvgIpc) is 3.04. The number of benzene rings is 1. The van der Waals surface area contributed by atoms with Crippen molar-refractivity contribution in [2.45, 2.75) is 25.3 Å². The Kier molecular flexibility index (Phi) is 4.77. The molecule has 0 aliphatic carbocycles. The molecule has 1 aliphatic heterocycles. The van der Waals surface area contributed by atoms with Gasteiger partial charge in [0.05, 0.1) is 28.8 Å². The van der Waals surface area contributed by atoms with Crippen molar-refractivity contribution in [3.05, 3.63) is 41.6 Å². The number of rotatable bonds is 4. The Morgan fingerprint density at radius 3 is 2.63 bits per heavy atom. The van der Waals surface area contributed by atoms with Gasteiger partial charge in [-0.15, -0.1) is 0 Å². The normalized spacial score (nSPS) is 17.5. The third-order valence-electron chi connectivity index (χ3n) is 4.84. The molecule has 0 N–H and O–H groups in total. The van der Waals surface area contributed by atoms with Crippen LogP contribution >= 0.6 is 11.6 Å². The predicted octanol–water partition coefficient (Wildman–Crippen LogP) is 4.02. The van der Waals surface area contributed by atoms with Crippen LogP contribution in [0, 0.1) is 5.82 Å². The molecule has 0 amide bonds. The second-order valence-corrected chi connectivity index (χ2v) is 7.06. The SMILES string of the molecule is Fc1ccc(-c2ncnc3c2cnn3CCN2CCC(F)(F)CC2)c(Cl)c1. The molecule has 0 saturated carbocycles. The van der Waals surface area contributed by atoms with E-state index in [0.29, 0.717) is 48.5 Å². The van der Waals surface area contributed by atoms with Gasteiger partial charge in [0.15, 0.2) is 5.65 Å². The summed E-state index contributed by atoms with van der Waals surface area (Å²) in [5.41, 5.74) is 1.81. The Labute approximate surface area is 158 Å². The minimum absolute atomic E-state index is 0.109. The maximum absolute atomic E-state index is 13.3. The van der Waals surface area contributed by atoms with Crippen molar-refractivity contribution in [2.24, 2.45) is 0 Å². The molecule has 1 aliphatic rings. The number of nitrogens with zero attached hydrogens (tertiary/aromatic N) is 5. The van der Waals surface area contributed by atoms with Gasteiger partial charge in [0.1, 0.15) is 12.1 Å².